The van der Waals surface area contributed by atoms with E-state index in [1.165, 1.54) is 6.20 Å². The van der Waals surface area contributed by atoms with Crippen LogP contribution in [-0.2, 0) is 15.6 Å². The summed E-state index contributed by atoms with van der Waals surface area (Å²) in [6, 6.07) is 17.6. The number of para-hydroxylation sites is 1. The van der Waals surface area contributed by atoms with Crippen molar-refractivity contribution in [2.24, 2.45) is 0 Å². The standard InChI is InChI=1S/C17H13BrN2O3S/c18-16-15(24(22,23)12-13-7-3-1-4-8-13)11-19-20(17(16)21)14-9-5-2-6-10-14/h1-11H,12H2. The summed E-state index contributed by atoms with van der Waals surface area (Å²) in [5.41, 5.74) is 0.696. The van der Waals surface area contributed by atoms with Crippen molar-refractivity contribution >= 4 is 25.8 Å². The smallest absolute Gasteiger partial charge is 0.266 e. The largest absolute Gasteiger partial charge is 0.287 e. The molecule has 0 saturated carbocycles. The Balaban J connectivity index is 2.04. The Labute approximate surface area is 147 Å². The molecule has 0 fully saturated rings. The molecule has 0 amide bonds. The van der Waals surface area contributed by atoms with Crippen LogP contribution < -0.4 is 5.56 Å². The lowest BCUT2D eigenvalue weighted by Gasteiger charge is -2.09. The Bertz CT molecular complexity index is 1020. The molecule has 0 saturated heterocycles. The van der Waals surface area contributed by atoms with Crippen molar-refractivity contribution in [1.82, 2.24) is 9.78 Å². The number of benzene rings is 2. The lowest BCUT2D eigenvalue weighted by atomic mass is 10.2. The SMILES string of the molecule is O=c1c(Br)c(S(=O)(=O)Cc2ccccc2)cnn1-c1ccccc1. The van der Waals surface area contributed by atoms with Gasteiger partial charge in [0.15, 0.2) is 9.84 Å². The van der Waals surface area contributed by atoms with Crippen molar-refractivity contribution in [2.75, 3.05) is 0 Å². The minimum Gasteiger partial charge on any atom is -0.266 e. The third kappa shape index (κ3) is 3.32. The van der Waals surface area contributed by atoms with Crippen molar-refractivity contribution in [1.29, 1.82) is 0 Å². The van der Waals surface area contributed by atoms with Crippen molar-refractivity contribution in [3.8, 4) is 5.69 Å². The van der Waals surface area contributed by atoms with Crippen LogP contribution >= 0.6 is 15.9 Å². The van der Waals surface area contributed by atoms with E-state index in [-0.39, 0.29) is 15.1 Å². The molecule has 1 heterocycles. The first kappa shape index (κ1) is 16.6. The number of rotatable bonds is 4. The first-order valence-corrected chi connectivity index (χ1v) is 9.53. The van der Waals surface area contributed by atoms with Crippen LogP contribution in [0.2, 0.25) is 0 Å². The zero-order valence-electron chi connectivity index (χ0n) is 12.5. The Hall–Kier alpha value is -2.25. The number of aromatic nitrogens is 2. The van der Waals surface area contributed by atoms with Crippen LogP contribution in [0.4, 0.5) is 0 Å². The van der Waals surface area contributed by atoms with Gasteiger partial charge in [0.05, 0.1) is 17.6 Å². The second-order valence-corrected chi connectivity index (χ2v) is 7.87. The van der Waals surface area contributed by atoms with Crippen LogP contribution in [0.1, 0.15) is 5.56 Å². The van der Waals surface area contributed by atoms with Gasteiger partial charge in [-0.25, -0.2) is 8.42 Å². The van der Waals surface area contributed by atoms with Gasteiger partial charge >= 0.3 is 0 Å². The number of hydrogen-bond acceptors (Lipinski definition) is 4. The molecule has 1 aromatic heterocycles. The summed E-state index contributed by atoms with van der Waals surface area (Å²) in [5, 5.41) is 4.01. The molecule has 0 bridgehead atoms. The summed E-state index contributed by atoms with van der Waals surface area (Å²) in [5.74, 6) is -0.192. The molecule has 2 aromatic carbocycles. The summed E-state index contributed by atoms with van der Waals surface area (Å²) in [6.07, 6.45) is 1.21. The maximum atomic E-state index is 12.6. The quantitative estimate of drug-likeness (QED) is 0.670. The highest BCUT2D eigenvalue weighted by atomic mass is 79.9. The van der Waals surface area contributed by atoms with Gasteiger partial charge in [-0.05, 0) is 33.6 Å². The third-order valence-electron chi connectivity index (χ3n) is 3.42. The molecular weight excluding hydrogens is 392 g/mol. The van der Waals surface area contributed by atoms with Gasteiger partial charge in [0.25, 0.3) is 5.56 Å². The molecule has 122 valence electrons. The van der Waals surface area contributed by atoms with E-state index in [9.17, 15) is 13.2 Å². The highest BCUT2D eigenvalue weighted by Crippen LogP contribution is 2.22. The zero-order valence-corrected chi connectivity index (χ0v) is 14.9. The van der Waals surface area contributed by atoms with Crippen LogP contribution in [0.15, 0.2) is 81.0 Å². The van der Waals surface area contributed by atoms with E-state index in [2.05, 4.69) is 21.0 Å². The molecule has 24 heavy (non-hydrogen) atoms. The molecule has 0 aliphatic carbocycles. The fraction of sp³-hybridized carbons (Fsp3) is 0.0588. The first-order chi connectivity index (χ1) is 11.5. The predicted molar refractivity (Wildman–Crippen MR) is 94.9 cm³/mol. The lowest BCUT2D eigenvalue weighted by molar-refractivity contribution is 0.592. The van der Waals surface area contributed by atoms with E-state index in [1.807, 2.05) is 12.1 Å². The molecule has 7 heteroatoms. The van der Waals surface area contributed by atoms with E-state index in [1.54, 1.807) is 48.5 Å². The molecule has 3 aromatic rings. The molecule has 0 spiro atoms. The van der Waals surface area contributed by atoms with Crippen LogP contribution in [0.5, 0.6) is 0 Å². The van der Waals surface area contributed by atoms with Gasteiger partial charge in [-0.15, -0.1) is 0 Å². The topological polar surface area (TPSA) is 69.0 Å². The second-order valence-electron chi connectivity index (χ2n) is 5.12. The highest BCUT2D eigenvalue weighted by molar-refractivity contribution is 9.10. The normalized spacial score (nSPS) is 11.4. The van der Waals surface area contributed by atoms with Gasteiger partial charge < -0.3 is 0 Å². The van der Waals surface area contributed by atoms with E-state index < -0.39 is 15.4 Å². The molecular formula is C17H13BrN2O3S. The van der Waals surface area contributed by atoms with Gasteiger partial charge in [0.1, 0.15) is 9.37 Å². The summed E-state index contributed by atoms with van der Waals surface area (Å²) < 4.78 is 26.4. The monoisotopic (exact) mass is 404 g/mol. The van der Waals surface area contributed by atoms with Crippen LogP contribution in [-0.4, -0.2) is 18.2 Å². The predicted octanol–water partition coefficient (Wildman–Crippen LogP) is 2.97. The Morgan fingerprint density at radius 2 is 1.54 bits per heavy atom. The van der Waals surface area contributed by atoms with Crippen molar-refractivity contribution < 1.29 is 8.42 Å². The number of nitrogens with zero attached hydrogens (tertiary/aromatic N) is 2. The molecule has 0 N–H and O–H groups in total. The minimum absolute atomic E-state index is 0.0164. The molecule has 5 nitrogen and oxygen atoms in total. The molecule has 0 aliphatic rings. The van der Waals surface area contributed by atoms with E-state index >= 15 is 0 Å². The minimum atomic E-state index is -3.69. The number of hydrogen-bond donors (Lipinski definition) is 0. The summed E-state index contributed by atoms with van der Waals surface area (Å²) in [4.78, 5) is 12.4. The van der Waals surface area contributed by atoms with Gasteiger partial charge in [-0.1, -0.05) is 48.5 Å². The van der Waals surface area contributed by atoms with E-state index in [0.717, 1.165) is 4.68 Å². The lowest BCUT2D eigenvalue weighted by Crippen LogP contribution is -2.24. The molecule has 0 aliphatic heterocycles. The van der Waals surface area contributed by atoms with Crippen LogP contribution in [0.25, 0.3) is 5.69 Å². The fourth-order valence-corrected chi connectivity index (χ4v) is 4.62. The summed E-state index contributed by atoms with van der Waals surface area (Å²) >= 11 is 3.13. The molecule has 0 atom stereocenters. The Morgan fingerprint density at radius 3 is 2.17 bits per heavy atom. The van der Waals surface area contributed by atoms with Gasteiger partial charge in [-0.3, -0.25) is 4.79 Å². The summed E-state index contributed by atoms with van der Waals surface area (Å²) in [7, 11) is -3.69. The Morgan fingerprint density at radius 1 is 0.958 bits per heavy atom. The van der Waals surface area contributed by atoms with Crippen LogP contribution in [0, 0.1) is 0 Å². The van der Waals surface area contributed by atoms with E-state index in [0.29, 0.717) is 11.3 Å². The van der Waals surface area contributed by atoms with Crippen molar-refractivity contribution in [3.63, 3.8) is 0 Å². The fourth-order valence-electron chi connectivity index (χ4n) is 2.26. The average Bonchev–Trinajstić information content (AvgIpc) is 2.58. The molecule has 3 rings (SSSR count). The van der Waals surface area contributed by atoms with E-state index in [4.69, 9.17) is 0 Å². The second kappa shape index (κ2) is 6.70. The maximum absolute atomic E-state index is 12.6. The zero-order chi connectivity index (χ0) is 17.2. The van der Waals surface area contributed by atoms with Gasteiger partial charge in [0.2, 0.25) is 0 Å². The maximum Gasteiger partial charge on any atom is 0.287 e. The van der Waals surface area contributed by atoms with Crippen molar-refractivity contribution in [3.05, 3.63) is 87.3 Å². The van der Waals surface area contributed by atoms with Gasteiger partial charge in [0, 0.05) is 0 Å². The number of sulfone groups is 1. The first-order valence-electron chi connectivity index (χ1n) is 7.09. The highest BCUT2D eigenvalue weighted by Gasteiger charge is 2.22. The summed E-state index contributed by atoms with van der Waals surface area (Å²) in [6.45, 7) is 0. The molecule has 0 unspecified atom stereocenters. The van der Waals surface area contributed by atoms with Crippen molar-refractivity contribution in [2.45, 2.75) is 10.6 Å². The third-order valence-corrected chi connectivity index (χ3v) is 6.14. The van der Waals surface area contributed by atoms with Gasteiger partial charge in [-0.2, -0.15) is 9.78 Å². The Kier molecular flexibility index (Phi) is 4.64. The average molecular weight is 405 g/mol. The molecule has 0 radical (unpaired) electrons. The number of halogens is 1. The van der Waals surface area contributed by atoms with Crippen LogP contribution in [0.3, 0.4) is 0 Å².